The number of carbonyl (C=O) groups is 2. The van der Waals surface area contributed by atoms with Crippen LogP contribution in [-0.2, 0) is 9.59 Å². The van der Waals surface area contributed by atoms with E-state index in [4.69, 9.17) is 5.26 Å². The normalized spacial score (nSPS) is 20.9. The Morgan fingerprint density at radius 2 is 1.88 bits per heavy atom. The van der Waals surface area contributed by atoms with Crippen molar-refractivity contribution in [3.63, 3.8) is 0 Å². The second-order valence-electron chi connectivity index (χ2n) is 9.53. The van der Waals surface area contributed by atoms with Crippen LogP contribution in [0.15, 0.2) is 12.1 Å². The topological polar surface area (TPSA) is 103 Å². The van der Waals surface area contributed by atoms with Gasteiger partial charge in [0.05, 0.1) is 11.8 Å². The molecule has 2 aromatic rings. The van der Waals surface area contributed by atoms with Crippen LogP contribution in [0.25, 0.3) is 5.65 Å². The molecule has 2 saturated carbocycles. The Labute approximate surface area is 185 Å². The van der Waals surface area contributed by atoms with E-state index in [2.05, 4.69) is 15.4 Å². The number of rotatable bonds is 4. The van der Waals surface area contributed by atoms with Crippen LogP contribution < -0.4 is 5.32 Å². The first-order valence-electron chi connectivity index (χ1n) is 11.5. The van der Waals surface area contributed by atoms with Crippen molar-refractivity contribution >= 4 is 23.4 Å². The number of nitrogens with one attached hydrogen (secondary N) is 1. The molecule has 1 spiro atoms. The number of likely N-dealkylation sites (tertiary alicyclic amines) is 1. The molecule has 1 N–H and O–H groups in total. The molecule has 2 amide bonds. The Hall–Kier alpha value is -3.02. The lowest BCUT2D eigenvalue weighted by molar-refractivity contribution is -0.132. The monoisotopic (exact) mass is 438 g/mol. The number of aromatic nitrogens is 3. The summed E-state index contributed by atoms with van der Waals surface area (Å²) >= 11 is 0. The Kier molecular flexibility index (Phi) is 5.31. The van der Waals surface area contributed by atoms with Gasteiger partial charge >= 0.3 is 0 Å². The van der Waals surface area contributed by atoms with E-state index in [1.807, 2.05) is 6.07 Å². The fourth-order valence-electron chi connectivity index (χ4n) is 5.34. The van der Waals surface area contributed by atoms with Gasteiger partial charge in [0.15, 0.2) is 5.65 Å². The molecule has 3 fully saturated rings. The molecule has 3 aliphatic rings. The van der Waals surface area contributed by atoms with Crippen LogP contribution in [0.4, 0.5) is 10.3 Å². The largest absolute Gasteiger partial charge is 0.342 e. The van der Waals surface area contributed by atoms with Crippen LogP contribution in [0.5, 0.6) is 0 Å². The van der Waals surface area contributed by atoms with E-state index < -0.39 is 0 Å². The molecule has 9 heteroatoms. The number of halogens is 1. The summed E-state index contributed by atoms with van der Waals surface area (Å²) in [4.78, 5) is 30.2. The number of piperidine rings is 1. The summed E-state index contributed by atoms with van der Waals surface area (Å²) in [6, 6.07) is 4.97. The van der Waals surface area contributed by atoms with E-state index in [0.717, 1.165) is 51.4 Å². The van der Waals surface area contributed by atoms with Crippen LogP contribution in [0.1, 0.15) is 69.4 Å². The van der Waals surface area contributed by atoms with Gasteiger partial charge in [-0.05, 0) is 68.9 Å². The Balaban J connectivity index is 1.28. The number of anilines is 1. The van der Waals surface area contributed by atoms with Gasteiger partial charge in [-0.25, -0.2) is 8.91 Å². The van der Waals surface area contributed by atoms with Crippen molar-refractivity contribution in [2.75, 3.05) is 18.4 Å². The fourth-order valence-corrected chi connectivity index (χ4v) is 5.34. The minimum absolute atomic E-state index is 0.0382. The van der Waals surface area contributed by atoms with Gasteiger partial charge in [-0.1, -0.05) is 0 Å². The lowest BCUT2D eigenvalue weighted by Gasteiger charge is -2.46. The number of hydrogen-bond acceptors (Lipinski definition) is 5. The van der Waals surface area contributed by atoms with Gasteiger partial charge in [-0.15, -0.1) is 5.10 Å². The van der Waals surface area contributed by atoms with Gasteiger partial charge in [0, 0.05) is 24.9 Å². The van der Waals surface area contributed by atoms with Gasteiger partial charge in [0.1, 0.15) is 12.2 Å². The average Bonchev–Trinajstić information content (AvgIpc) is 3.56. The average molecular weight is 439 g/mol. The van der Waals surface area contributed by atoms with E-state index in [-0.39, 0.29) is 47.3 Å². The number of carbonyl (C=O) groups excluding carboxylic acids is 2. The minimum atomic E-state index is -0.291. The summed E-state index contributed by atoms with van der Waals surface area (Å²) in [6.45, 7) is 1.39. The van der Waals surface area contributed by atoms with Gasteiger partial charge in [0.25, 0.3) is 0 Å². The van der Waals surface area contributed by atoms with Crippen LogP contribution in [0.3, 0.4) is 0 Å². The van der Waals surface area contributed by atoms with Crippen molar-refractivity contribution in [1.82, 2.24) is 19.5 Å². The molecule has 0 radical (unpaired) electrons. The van der Waals surface area contributed by atoms with Crippen molar-refractivity contribution in [2.45, 2.75) is 63.7 Å². The Morgan fingerprint density at radius 3 is 2.53 bits per heavy atom. The molecular formula is C23H27FN6O2. The van der Waals surface area contributed by atoms with Gasteiger partial charge in [-0.3, -0.25) is 14.9 Å². The molecule has 5 rings (SSSR count). The van der Waals surface area contributed by atoms with Crippen LogP contribution >= 0.6 is 0 Å². The minimum Gasteiger partial charge on any atom is -0.342 e. The molecule has 3 heterocycles. The maximum Gasteiger partial charge on any atom is 0.249 e. The number of pyridine rings is 1. The van der Waals surface area contributed by atoms with Crippen LogP contribution in [0.2, 0.25) is 0 Å². The first-order chi connectivity index (χ1) is 15.5. The third kappa shape index (κ3) is 3.94. The second kappa shape index (κ2) is 8.15. The van der Waals surface area contributed by atoms with Crippen molar-refractivity contribution < 1.29 is 14.0 Å². The van der Waals surface area contributed by atoms with E-state index in [1.54, 1.807) is 15.5 Å². The zero-order valence-electron chi connectivity index (χ0n) is 18.0. The molecule has 1 saturated heterocycles. The molecule has 0 unspecified atom stereocenters. The maximum absolute atomic E-state index is 14.9. The zero-order valence-corrected chi connectivity index (χ0v) is 18.0. The SMILES string of the molecule is N#CCC(=O)N1CCC2(CCC(c3c(F)ccc4nc(NC(=O)C5CC5)nn34)CC2)CC1. The standard InChI is InChI=1S/C23H27FN6O2/c24-17-3-4-18-26-22(27-21(32)16-1-2-16)28-30(18)20(17)15-5-8-23(9-6-15)10-13-29(14-11-23)19(31)7-12-25/h3-4,15-16H,1-2,5-11,13-14H2,(H,27,28,32). The Morgan fingerprint density at radius 1 is 1.16 bits per heavy atom. The summed E-state index contributed by atoms with van der Waals surface area (Å²) in [7, 11) is 0. The molecule has 2 aromatic heterocycles. The van der Waals surface area contributed by atoms with Crippen molar-refractivity contribution in [3.8, 4) is 6.07 Å². The highest BCUT2D eigenvalue weighted by atomic mass is 19.1. The predicted octanol–water partition coefficient (Wildman–Crippen LogP) is 3.40. The lowest BCUT2D eigenvalue weighted by Crippen LogP contribution is -2.44. The molecule has 0 aromatic carbocycles. The highest BCUT2D eigenvalue weighted by Crippen LogP contribution is 2.49. The van der Waals surface area contributed by atoms with Gasteiger partial charge in [-0.2, -0.15) is 10.2 Å². The molecule has 2 aliphatic carbocycles. The molecule has 0 bridgehead atoms. The number of amides is 2. The van der Waals surface area contributed by atoms with Gasteiger partial charge in [0.2, 0.25) is 17.8 Å². The summed E-state index contributed by atoms with van der Waals surface area (Å²) in [6.07, 6.45) is 7.27. The molecule has 1 aliphatic heterocycles. The summed E-state index contributed by atoms with van der Waals surface area (Å²) in [5.41, 5.74) is 1.27. The second-order valence-corrected chi connectivity index (χ2v) is 9.53. The fraction of sp³-hybridized carbons (Fsp3) is 0.609. The molecular weight excluding hydrogens is 411 g/mol. The summed E-state index contributed by atoms with van der Waals surface area (Å²) in [5, 5.41) is 15.9. The highest BCUT2D eigenvalue weighted by molar-refractivity contribution is 5.92. The third-order valence-corrected chi connectivity index (χ3v) is 7.51. The molecule has 32 heavy (non-hydrogen) atoms. The van der Waals surface area contributed by atoms with E-state index in [1.165, 1.54) is 6.07 Å². The predicted molar refractivity (Wildman–Crippen MR) is 114 cm³/mol. The van der Waals surface area contributed by atoms with Crippen LogP contribution in [0, 0.1) is 28.5 Å². The highest BCUT2D eigenvalue weighted by Gasteiger charge is 2.40. The number of hydrogen-bond donors (Lipinski definition) is 1. The Bertz CT molecular complexity index is 1080. The quantitative estimate of drug-likeness (QED) is 0.788. The summed E-state index contributed by atoms with van der Waals surface area (Å²) in [5.74, 6) is -0.122. The lowest BCUT2D eigenvalue weighted by atomic mass is 9.65. The van der Waals surface area contributed by atoms with Gasteiger partial charge < -0.3 is 4.90 Å². The van der Waals surface area contributed by atoms with Crippen molar-refractivity contribution in [1.29, 1.82) is 5.26 Å². The first kappa shape index (κ1) is 20.9. The van der Waals surface area contributed by atoms with E-state index in [0.29, 0.717) is 24.4 Å². The number of fused-ring (bicyclic) bond motifs is 1. The third-order valence-electron chi connectivity index (χ3n) is 7.51. The molecule has 0 atom stereocenters. The number of nitrogens with zero attached hydrogens (tertiary/aromatic N) is 5. The van der Waals surface area contributed by atoms with Crippen LogP contribution in [-0.4, -0.2) is 44.4 Å². The summed E-state index contributed by atoms with van der Waals surface area (Å²) < 4.78 is 16.5. The smallest absolute Gasteiger partial charge is 0.249 e. The van der Waals surface area contributed by atoms with E-state index in [9.17, 15) is 14.0 Å². The molecule has 8 nitrogen and oxygen atoms in total. The van der Waals surface area contributed by atoms with Crippen molar-refractivity contribution in [3.05, 3.63) is 23.6 Å². The van der Waals surface area contributed by atoms with Crippen molar-refractivity contribution in [2.24, 2.45) is 11.3 Å². The maximum atomic E-state index is 14.9. The zero-order chi connectivity index (χ0) is 22.3. The van der Waals surface area contributed by atoms with E-state index >= 15 is 0 Å². The first-order valence-corrected chi connectivity index (χ1v) is 11.5. The molecule has 168 valence electrons. The number of nitriles is 1.